The van der Waals surface area contributed by atoms with Gasteiger partial charge in [-0.05, 0) is 47.9 Å². The van der Waals surface area contributed by atoms with Crippen molar-refractivity contribution in [3.8, 4) is 5.75 Å². The maximum Gasteiger partial charge on any atom is 0.326 e. The van der Waals surface area contributed by atoms with Gasteiger partial charge in [-0.15, -0.1) is 0 Å². The van der Waals surface area contributed by atoms with Crippen molar-refractivity contribution in [1.82, 2.24) is 10.6 Å². The molecule has 0 saturated heterocycles. The number of aliphatic carboxylic acids is 1. The molecule has 0 heterocycles. The van der Waals surface area contributed by atoms with Crippen molar-refractivity contribution in [3.05, 3.63) is 107 Å². The smallest absolute Gasteiger partial charge is 0.326 e. The van der Waals surface area contributed by atoms with Gasteiger partial charge in [0.1, 0.15) is 17.5 Å². The SMILES string of the molecule is CCCCOc1ccc(C(=O)NC(=Cc2ccccc2)C(=O)NC(Cc2ccccc2)C(=O)O)cc1. The maximum absolute atomic E-state index is 13.1. The number of amides is 2. The second-order valence-corrected chi connectivity index (χ2v) is 8.20. The van der Waals surface area contributed by atoms with E-state index in [9.17, 15) is 19.5 Å². The predicted molar refractivity (Wildman–Crippen MR) is 138 cm³/mol. The molecule has 7 nitrogen and oxygen atoms in total. The van der Waals surface area contributed by atoms with E-state index in [1.807, 2.05) is 12.1 Å². The quantitative estimate of drug-likeness (QED) is 0.259. The zero-order chi connectivity index (χ0) is 25.8. The summed E-state index contributed by atoms with van der Waals surface area (Å²) in [4.78, 5) is 37.9. The summed E-state index contributed by atoms with van der Waals surface area (Å²) < 4.78 is 5.63. The van der Waals surface area contributed by atoms with Crippen molar-refractivity contribution in [2.45, 2.75) is 32.2 Å². The summed E-state index contributed by atoms with van der Waals surface area (Å²) in [6.45, 7) is 2.67. The lowest BCUT2D eigenvalue weighted by Gasteiger charge is -2.17. The average Bonchev–Trinajstić information content (AvgIpc) is 2.89. The van der Waals surface area contributed by atoms with Crippen LogP contribution >= 0.6 is 0 Å². The number of carboxylic acid groups (broad SMARTS) is 1. The summed E-state index contributed by atoms with van der Waals surface area (Å²) in [6, 6.07) is 23.5. The van der Waals surface area contributed by atoms with E-state index < -0.39 is 23.8 Å². The lowest BCUT2D eigenvalue weighted by Crippen LogP contribution is -2.45. The first kappa shape index (κ1) is 26.2. The Balaban J connectivity index is 1.77. The van der Waals surface area contributed by atoms with Gasteiger partial charge in [0, 0.05) is 12.0 Å². The van der Waals surface area contributed by atoms with Crippen LogP contribution in [0.5, 0.6) is 5.75 Å². The van der Waals surface area contributed by atoms with Crippen LogP contribution in [0.25, 0.3) is 6.08 Å². The molecule has 186 valence electrons. The van der Waals surface area contributed by atoms with Crippen LogP contribution in [0.4, 0.5) is 0 Å². The molecule has 0 aliphatic carbocycles. The largest absolute Gasteiger partial charge is 0.494 e. The Kier molecular flexibility index (Phi) is 9.82. The minimum atomic E-state index is -1.17. The van der Waals surface area contributed by atoms with Crippen LogP contribution in [0, 0.1) is 0 Å². The fraction of sp³-hybridized carbons (Fsp3) is 0.207. The number of nitrogens with one attached hydrogen (secondary N) is 2. The first-order valence-electron chi connectivity index (χ1n) is 11.8. The number of ether oxygens (including phenoxy) is 1. The van der Waals surface area contributed by atoms with Crippen molar-refractivity contribution >= 4 is 23.9 Å². The van der Waals surface area contributed by atoms with Crippen LogP contribution in [-0.4, -0.2) is 35.5 Å². The van der Waals surface area contributed by atoms with Gasteiger partial charge < -0.3 is 20.5 Å². The number of unbranched alkanes of at least 4 members (excludes halogenated alkanes) is 1. The minimum absolute atomic E-state index is 0.0613. The van der Waals surface area contributed by atoms with Crippen molar-refractivity contribution in [2.75, 3.05) is 6.61 Å². The Hall–Kier alpha value is -4.39. The Morgan fingerprint density at radius 2 is 1.56 bits per heavy atom. The lowest BCUT2D eigenvalue weighted by molar-refractivity contribution is -0.141. The van der Waals surface area contributed by atoms with E-state index >= 15 is 0 Å². The van der Waals surface area contributed by atoms with Crippen LogP contribution in [0.2, 0.25) is 0 Å². The lowest BCUT2D eigenvalue weighted by atomic mass is 10.1. The molecule has 2 amide bonds. The third kappa shape index (κ3) is 8.13. The van der Waals surface area contributed by atoms with Gasteiger partial charge in [-0.1, -0.05) is 74.0 Å². The fourth-order valence-electron chi connectivity index (χ4n) is 3.39. The molecule has 0 aliphatic heterocycles. The Morgan fingerprint density at radius 1 is 0.917 bits per heavy atom. The molecule has 7 heteroatoms. The molecule has 0 bridgehead atoms. The van der Waals surface area contributed by atoms with E-state index in [4.69, 9.17) is 4.74 Å². The number of carboxylic acids is 1. The molecule has 0 fully saturated rings. The predicted octanol–water partition coefficient (Wildman–Crippen LogP) is 4.45. The zero-order valence-electron chi connectivity index (χ0n) is 20.1. The average molecular weight is 487 g/mol. The van der Waals surface area contributed by atoms with Gasteiger partial charge in [-0.2, -0.15) is 0 Å². The molecule has 1 unspecified atom stereocenters. The summed E-state index contributed by atoms with van der Waals surface area (Å²) in [7, 11) is 0. The Morgan fingerprint density at radius 3 is 2.17 bits per heavy atom. The van der Waals surface area contributed by atoms with E-state index in [-0.39, 0.29) is 12.1 Å². The van der Waals surface area contributed by atoms with Crippen molar-refractivity contribution in [3.63, 3.8) is 0 Å². The number of hydrogen-bond acceptors (Lipinski definition) is 4. The molecule has 1 atom stereocenters. The molecule has 3 rings (SSSR count). The van der Waals surface area contributed by atoms with E-state index in [2.05, 4.69) is 17.6 Å². The Labute approximate surface area is 210 Å². The summed E-state index contributed by atoms with van der Waals surface area (Å²) in [5.74, 6) is -1.71. The van der Waals surface area contributed by atoms with Crippen molar-refractivity contribution in [2.24, 2.45) is 0 Å². The number of carbonyl (C=O) groups excluding carboxylic acids is 2. The molecule has 0 saturated carbocycles. The van der Waals surface area contributed by atoms with E-state index in [0.29, 0.717) is 23.5 Å². The summed E-state index contributed by atoms with van der Waals surface area (Å²) >= 11 is 0. The highest BCUT2D eigenvalue weighted by Gasteiger charge is 2.23. The highest BCUT2D eigenvalue weighted by Crippen LogP contribution is 2.14. The molecule has 3 N–H and O–H groups in total. The van der Waals surface area contributed by atoms with E-state index in [1.54, 1.807) is 72.8 Å². The first-order chi connectivity index (χ1) is 17.5. The highest BCUT2D eigenvalue weighted by molar-refractivity contribution is 6.06. The Bertz CT molecular complexity index is 1180. The van der Waals surface area contributed by atoms with Crippen LogP contribution in [0.3, 0.4) is 0 Å². The first-order valence-corrected chi connectivity index (χ1v) is 11.8. The number of carbonyl (C=O) groups is 3. The van der Waals surface area contributed by atoms with E-state index in [0.717, 1.165) is 18.4 Å². The maximum atomic E-state index is 13.1. The van der Waals surface area contributed by atoms with Gasteiger partial charge >= 0.3 is 5.97 Å². The second kappa shape index (κ2) is 13.5. The van der Waals surface area contributed by atoms with Gasteiger partial charge in [0.05, 0.1) is 6.61 Å². The van der Waals surface area contributed by atoms with Gasteiger partial charge in [0.15, 0.2) is 0 Å². The summed E-state index contributed by atoms with van der Waals surface area (Å²) in [5, 5.41) is 14.9. The van der Waals surface area contributed by atoms with Gasteiger partial charge in [-0.25, -0.2) is 4.79 Å². The standard InChI is InChI=1S/C29H30N2O5/c1-2-3-18-36-24-16-14-23(15-17-24)27(32)30-25(19-21-10-6-4-7-11-21)28(33)31-26(29(34)35)20-22-12-8-5-9-13-22/h4-17,19,26H,2-3,18,20H2,1H3,(H,30,32)(H,31,33)(H,34,35). The van der Waals surface area contributed by atoms with Gasteiger partial charge in [-0.3, -0.25) is 9.59 Å². The summed E-state index contributed by atoms with van der Waals surface area (Å²) in [6.07, 6.45) is 3.57. The van der Waals surface area contributed by atoms with Gasteiger partial charge in [0.2, 0.25) is 0 Å². The molecule has 3 aromatic carbocycles. The number of rotatable bonds is 12. The molecule has 0 radical (unpaired) electrons. The van der Waals surface area contributed by atoms with Crippen LogP contribution in [-0.2, 0) is 16.0 Å². The van der Waals surface area contributed by atoms with Crippen LogP contribution in [0.15, 0.2) is 90.6 Å². The molecular formula is C29H30N2O5. The topological polar surface area (TPSA) is 105 Å². The highest BCUT2D eigenvalue weighted by atomic mass is 16.5. The number of benzene rings is 3. The molecule has 0 aromatic heterocycles. The second-order valence-electron chi connectivity index (χ2n) is 8.20. The van der Waals surface area contributed by atoms with Crippen LogP contribution in [0.1, 0.15) is 41.3 Å². The molecule has 0 aliphatic rings. The van der Waals surface area contributed by atoms with Crippen molar-refractivity contribution in [1.29, 1.82) is 0 Å². The third-order valence-electron chi connectivity index (χ3n) is 5.37. The van der Waals surface area contributed by atoms with Crippen molar-refractivity contribution < 1.29 is 24.2 Å². The molecular weight excluding hydrogens is 456 g/mol. The number of hydrogen-bond donors (Lipinski definition) is 3. The normalized spacial score (nSPS) is 11.9. The van der Waals surface area contributed by atoms with Gasteiger partial charge in [0.25, 0.3) is 11.8 Å². The molecule has 36 heavy (non-hydrogen) atoms. The monoisotopic (exact) mass is 486 g/mol. The third-order valence-corrected chi connectivity index (χ3v) is 5.37. The fourth-order valence-corrected chi connectivity index (χ4v) is 3.39. The minimum Gasteiger partial charge on any atom is -0.494 e. The zero-order valence-corrected chi connectivity index (χ0v) is 20.1. The summed E-state index contributed by atoms with van der Waals surface area (Å²) in [5.41, 5.74) is 1.72. The molecule has 0 spiro atoms. The van der Waals surface area contributed by atoms with Crippen LogP contribution < -0.4 is 15.4 Å². The molecule has 3 aromatic rings. The van der Waals surface area contributed by atoms with E-state index in [1.165, 1.54) is 6.08 Å².